The van der Waals surface area contributed by atoms with Gasteiger partial charge < -0.3 is 20.1 Å². The molecule has 1 amide bonds. The summed E-state index contributed by atoms with van der Waals surface area (Å²) in [4.78, 5) is 31.2. The molecule has 0 radical (unpaired) electrons. The van der Waals surface area contributed by atoms with Crippen molar-refractivity contribution in [3.8, 4) is 11.5 Å². The second kappa shape index (κ2) is 11.2. The van der Waals surface area contributed by atoms with Gasteiger partial charge in [-0.15, -0.1) is 0 Å². The maximum absolute atomic E-state index is 13.7. The lowest BCUT2D eigenvalue weighted by Crippen LogP contribution is -2.35. The Morgan fingerprint density at radius 3 is 2.66 bits per heavy atom. The Balaban J connectivity index is 1.51. The Hall–Kier alpha value is -3.91. The molecule has 0 saturated heterocycles. The van der Waals surface area contributed by atoms with Crippen molar-refractivity contribution in [2.24, 2.45) is 0 Å². The van der Waals surface area contributed by atoms with Gasteiger partial charge in [-0.3, -0.25) is 9.59 Å². The van der Waals surface area contributed by atoms with E-state index in [1.807, 2.05) is 61.5 Å². The fourth-order valence-corrected chi connectivity index (χ4v) is 5.20. The van der Waals surface area contributed by atoms with Crippen LogP contribution in [0.1, 0.15) is 43.2 Å². The highest BCUT2D eigenvalue weighted by atomic mass is 79.9. The molecule has 0 saturated carbocycles. The third-order valence-corrected chi connectivity index (χ3v) is 7.22. The van der Waals surface area contributed by atoms with Gasteiger partial charge in [0.2, 0.25) is 0 Å². The van der Waals surface area contributed by atoms with Crippen molar-refractivity contribution >= 4 is 33.4 Å². The zero-order valence-corrected chi connectivity index (χ0v) is 22.8. The number of anilines is 1. The van der Waals surface area contributed by atoms with Gasteiger partial charge in [0.25, 0.3) is 5.91 Å². The first kappa shape index (κ1) is 25.7. The van der Waals surface area contributed by atoms with Crippen LogP contribution in [0.4, 0.5) is 5.82 Å². The summed E-state index contributed by atoms with van der Waals surface area (Å²) in [5, 5.41) is 6.25. The fraction of sp³-hybridized carbons (Fsp3) is 0.233. The molecule has 2 aliphatic rings. The molecule has 0 spiro atoms. The number of nitrogens with zero attached hydrogens (tertiary/aromatic N) is 1. The molecule has 7 nitrogen and oxygen atoms in total. The molecule has 1 aliphatic carbocycles. The van der Waals surface area contributed by atoms with Crippen LogP contribution in [0.15, 0.2) is 93.9 Å². The van der Waals surface area contributed by atoms with Gasteiger partial charge in [-0.25, -0.2) is 4.98 Å². The predicted molar refractivity (Wildman–Crippen MR) is 149 cm³/mol. The van der Waals surface area contributed by atoms with Crippen molar-refractivity contribution in [3.05, 3.63) is 105 Å². The summed E-state index contributed by atoms with van der Waals surface area (Å²) in [7, 11) is 1.58. The summed E-state index contributed by atoms with van der Waals surface area (Å²) in [6, 6.07) is 19.0. The standard InChI is InChI=1S/C30H28BrN3O4/c1-18-27(30(36)34-26-14-12-21(31)16-32-26)28(29-22(33-18)9-6-10-23(29)35)20-11-13-24(25(15-20)37-2)38-17-19-7-4-3-5-8-19/h3-5,7-8,11-16,28,33H,6,9-10,17H2,1-2H3,(H,32,34,36). The second-order valence-electron chi connectivity index (χ2n) is 9.27. The fourth-order valence-electron chi connectivity index (χ4n) is 4.97. The molecule has 194 valence electrons. The molecule has 0 bridgehead atoms. The maximum atomic E-state index is 13.7. The number of dihydropyridines is 1. The SMILES string of the molecule is COc1cc(C2C(C(=O)Nc3ccc(Br)cn3)=C(C)NC3=C2C(=O)CCC3)ccc1OCc1ccccc1. The molecule has 0 fully saturated rings. The maximum Gasteiger partial charge on any atom is 0.255 e. The smallest absolute Gasteiger partial charge is 0.255 e. The average Bonchev–Trinajstić information content (AvgIpc) is 2.93. The number of halogens is 1. The van der Waals surface area contributed by atoms with E-state index in [4.69, 9.17) is 9.47 Å². The van der Waals surface area contributed by atoms with E-state index in [9.17, 15) is 9.59 Å². The molecule has 2 heterocycles. The molecule has 3 aromatic rings. The predicted octanol–water partition coefficient (Wildman–Crippen LogP) is 6.04. The van der Waals surface area contributed by atoms with Gasteiger partial charge in [0.1, 0.15) is 12.4 Å². The Bertz CT molecular complexity index is 1430. The van der Waals surface area contributed by atoms with Gasteiger partial charge in [0.15, 0.2) is 17.3 Å². The number of ketones is 1. The number of methoxy groups -OCH3 is 1. The molecule has 8 heteroatoms. The summed E-state index contributed by atoms with van der Waals surface area (Å²) < 4.78 is 12.5. The first-order chi connectivity index (χ1) is 18.4. The van der Waals surface area contributed by atoms with Gasteiger partial charge in [-0.1, -0.05) is 36.4 Å². The zero-order chi connectivity index (χ0) is 26.6. The molecule has 1 aliphatic heterocycles. The Morgan fingerprint density at radius 2 is 1.92 bits per heavy atom. The number of rotatable bonds is 7. The lowest BCUT2D eigenvalue weighted by atomic mass is 9.75. The number of ether oxygens (including phenoxy) is 2. The normalized spacial score (nSPS) is 17.0. The Labute approximate surface area is 230 Å². The molecule has 5 rings (SSSR count). The van der Waals surface area contributed by atoms with E-state index in [1.54, 1.807) is 19.4 Å². The van der Waals surface area contributed by atoms with E-state index in [1.165, 1.54) is 0 Å². The number of carbonyl (C=O) groups is 2. The summed E-state index contributed by atoms with van der Waals surface area (Å²) in [5.41, 5.74) is 4.52. The van der Waals surface area contributed by atoms with Crippen LogP contribution < -0.4 is 20.1 Å². The van der Waals surface area contributed by atoms with E-state index in [0.717, 1.165) is 34.1 Å². The van der Waals surface area contributed by atoms with Gasteiger partial charge in [0, 0.05) is 45.5 Å². The van der Waals surface area contributed by atoms with Crippen LogP contribution in [-0.4, -0.2) is 23.8 Å². The number of hydrogen-bond donors (Lipinski definition) is 2. The molecule has 2 N–H and O–H groups in total. The van der Waals surface area contributed by atoms with E-state index in [-0.39, 0.29) is 11.7 Å². The van der Waals surface area contributed by atoms with Gasteiger partial charge in [-0.05, 0) is 71.1 Å². The van der Waals surface area contributed by atoms with E-state index in [2.05, 4.69) is 31.5 Å². The molecular formula is C30H28BrN3O4. The van der Waals surface area contributed by atoms with Crippen molar-refractivity contribution in [3.63, 3.8) is 0 Å². The van der Waals surface area contributed by atoms with Crippen molar-refractivity contribution in [1.29, 1.82) is 0 Å². The first-order valence-electron chi connectivity index (χ1n) is 12.5. The number of hydrogen-bond acceptors (Lipinski definition) is 6. The second-order valence-corrected chi connectivity index (χ2v) is 10.2. The average molecular weight is 574 g/mol. The number of carbonyl (C=O) groups excluding carboxylic acids is 2. The van der Waals surface area contributed by atoms with Gasteiger partial charge >= 0.3 is 0 Å². The topological polar surface area (TPSA) is 89.5 Å². The van der Waals surface area contributed by atoms with Crippen LogP contribution in [0.2, 0.25) is 0 Å². The Morgan fingerprint density at radius 1 is 1.11 bits per heavy atom. The highest BCUT2D eigenvalue weighted by Gasteiger charge is 2.38. The van der Waals surface area contributed by atoms with Gasteiger partial charge in [-0.2, -0.15) is 0 Å². The minimum Gasteiger partial charge on any atom is -0.493 e. The summed E-state index contributed by atoms with van der Waals surface area (Å²) in [6.07, 6.45) is 3.62. The lowest BCUT2D eigenvalue weighted by Gasteiger charge is -2.34. The summed E-state index contributed by atoms with van der Waals surface area (Å²) >= 11 is 3.37. The van der Waals surface area contributed by atoms with Crippen LogP contribution in [-0.2, 0) is 16.2 Å². The molecule has 1 aromatic heterocycles. The van der Waals surface area contributed by atoms with Crippen LogP contribution in [0, 0.1) is 0 Å². The third-order valence-electron chi connectivity index (χ3n) is 6.75. The largest absolute Gasteiger partial charge is 0.493 e. The number of aromatic nitrogens is 1. The summed E-state index contributed by atoms with van der Waals surface area (Å²) in [5.74, 6) is 0.731. The van der Waals surface area contributed by atoms with Crippen molar-refractivity contribution in [2.45, 2.75) is 38.7 Å². The molecule has 2 aromatic carbocycles. The minimum atomic E-state index is -0.549. The molecular weight excluding hydrogens is 546 g/mol. The highest BCUT2D eigenvalue weighted by Crippen LogP contribution is 2.44. The number of allylic oxidation sites excluding steroid dienone is 3. The minimum absolute atomic E-state index is 0.0479. The lowest BCUT2D eigenvalue weighted by molar-refractivity contribution is -0.116. The first-order valence-corrected chi connectivity index (χ1v) is 13.3. The number of Topliss-reactive ketones (excluding diaryl/α,β-unsaturated/α-hetero) is 1. The van der Waals surface area contributed by atoms with Crippen LogP contribution in [0.5, 0.6) is 11.5 Å². The quantitative estimate of drug-likeness (QED) is 0.358. The van der Waals surface area contributed by atoms with Crippen LogP contribution >= 0.6 is 15.9 Å². The van der Waals surface area contributed by atoms with Crippen molar-refractivity contribution in [1.82, 2.24) is 10.3 Å². The monoisotopic (exact) mass is 573 g/mol. The zero-order valence-electron chi connectivity index (χ0n) is 21.2. The molecule has 38 heavy (non-hydrogen) atoms. The number of nitrogens with one attached hydrogen (secondary N) is 2. The van der Waals surface area contributed by atoms with E-state index >= 15 is 0 Å². The van der Waals surface area contributed by atoms with Crippen molar-refractivity contribution < 1.29 is 19.1 Å². The molecule has 1 atom stereocenters. The summed E-state index contributed by atoms with van der Waals surface area (Å²) in [6.45, 7) is 2.26. The van der Waals surface area contributed by atoms with E-state index < -0.39 is 5.92 Å². The molecule has 1 unspecified atom stereocenters. The Kier molecular flexibility index (Phi) is 7.60. The number of pyridine rings is 1. The van der Waals surface area contributed by atoms with E-state index in [0.29, 0.717) is 47.2 Å². The van der Waals surface area contributed by atoms with Crippen LogP contribution in [0.3, 0.4) is 0 Å². The van der Waals surface area contributed by atoms with Crippen molar-refractivity contribution in [2.75, 3.05) is 12.4 Å². The highest BCUT2D eigenvalue weighted by molar-refractivity contribution is 9.10. The number of benzene rings is 2. The third kappa shape index (κ3) is 5.36. The number of amides is 1. The van der Waals surface area contributed by atoms with Crippen LogP contribution in [0.25, 0.3) is 0 Å². The van der Waals surface area contributed by atoms with Gasteiger partial charge in [0.05, 0.1) is 7.11 Å².